The smallest absolute Gasteiger partial charge is 0.360 e. The molecule has 1 aromatic rings. The second-order valence-electron chi connectivity index (χ2n) is 4.55. The van der Waals surface area contributed by atoms with Crippen LogP contribution in [0.1, 0.15) is 31.3 Å². The van der Waals surface area contributed by atoms with Crippen molar-refractivity contribution < 1.29 is 13.9 Å². The van der Waals surface area contributed by atoms with Gasteiger partial charge in [0.25, 0.3) is 6.01 Å². The summed E-state index contributed by atoms with van der Waals surface area (Å²) >= 11 is 0. The third kappa shape index (κ3) is 2.64. The fourth-order valence-electron chi connectivity index (χ4n) is 1.98. The van der Waals surface area contributed by atoms with E-state index in [4.69, 9.17) is 9.15 Å². The first-order chi connectivity index (χ1) is 8.61. The minimum atomic E-state index is -0.441. The minimum absolute atomic E-state index is 0.227. The van der Waals surface area contributed by atoms with E-state index in [9.17, 15) is 4.79 Å². The topological polar surface area (TPSA) is 67.6 Å². The maximum absolute atomic E-state index is 11.5. The number of aromatic nitrogens is 1. The summed E-state index contributed by atoms with van der Waals surface area (Å²) in [4.78, 5) is 17.8. The summed E-state index contributed by atoms with van der Waals surface area (Å²) in [5, 5.41) is 3.38. The van der Waals surface area contributed by atoms with Gasteiger partial charge in [0.1, 0.15) is 6.26 Å². The van der Waals surface area contributed by atoms with Crippen LogP contribution in [0.3, 0.4) is 0 Å². The molecule has 1 aliphatic heterocycles. The highest BCUT2D eigenvalue weighted by Crippen LogP contribution is 2.19. The van der Waals surface area contributed by atoms with Crippen LogP contribution in [0.25, 0.3) is 0 Å². The number of carbonyl (C=O) groups is 1. The van der Waals surface area contributed by atoms with Gasteiger partial charge in [0.05, 0.1) is 6.61 Å². The quantitative estimate of drug-likeness (QED) is 0.812. The first kappa shape index (κ1) is 12.9. The number of esters is 1. The number of nitrogens with zero attached hydrogens (tertiary/aromatic N) is 2. The lowest BCUT2D eigenvalue weighted by Gasteiger charge is -2.36. The zero-order chi connectivity index (χ0) is 13.1. The molecule has 6 nitrogen and oxygen atoms in total. The molecule has 18 heavy (non-hydrogen) atoms. The molecule has 2 rings (SSSR count). The van der Waals surface area contributed by atoms with E-state index < -0.39 is 5.97 Å². The Kier molecular flexibility index (Phi) is 3.86. The zero-order valence-electron chi connectivity index (χ0n) is 11.0. The number of anilines is 1. The molecule has 1 saturated heterocycles. The van der Waals surface area contributed by atoms with Gasteiger partial charge in [-0.2, -0.15) is 4.98 Å². The van der Waals surface area contributed by atoms with Crippen LogP contribution in [0.15, 0.2) is 10.7 Å². The van der Waals surface area contributed by atoms with Crippen molar-refractivity contribution in [3.8, 4) is 0 Å². The highest BCUT2D eigenvalue weighted by molar-refractivity contribution is 5.87. The van der Waals surface area contributed by atoms with Gasteiger partial charge in [0.15, 0.2) is 5.69 Å². The van der Waals surface area contributed by atoms with Gasteiger partial charge < -0.3 is 19.4 Å². The minimum Gasteiger partial charge on any atom is -0.461 e. The van der Waals surface area contributed by atoms with Crippen LogP contribution in [-0.4, -0.2) is 42.7 Å². The molecule has 2 atom stereocenters. The van der Waals surface area contributed by atoms with Crippen LogP contribution in [0, 0.1) is 0 Å². The van der Waals surface area contributed by atoms with Gasteiger partial charge in [-0.25, -0.2) is 4.79 Å². The van der Waals surface area contributed by atoms with Crippen molar-refractivity contribution in [2.75, 3.05) is 24.6 Å². The van der Waals surface area contributed by atoms with Crippen molar-refractivity contribution in [2.45, 2.75) is 32.9 Å². The summed E-state index contributed by atoms with van der Waals surface area (Å²) in [5.74, 6) is -0.441. The lowest BCUT2D eigenvalue weighted by atomic mass is 10.1. The molecule has 0 aliphatic carbocycles. The number of piperazine rings is 1. The lowest BCUT2D eigenvalue weighted by Crippen LogP contribution is -2.54. The maximum atomic E-state index is 11.5. The largest absolute Gasteiger partial charge is 0.461 e. The van der Waals surface area contributed by atoms with Crippen molar-refractivity contribution in [2.24, 2.45) is 0 Å². The summed E-state index contributed by atoms with van der Waals surface area (Å²) in [6.45, 7) is 7.98. The monoisotopic (exact) mass is 253 g/mol. The second-order valence-corrected chi connectivity index (χ2v) is 4.55. The van der Waals surface area contributed by atoms with E-state index in [1.807, 2.05) is 0 Å². The molecule has 0 radical (unpaired) electrons. The van der Waals surface area contributed by atoms with Crippen molar-refractivity contribution in [3.05, 3.63) is 12.0 Å². The molecule has 0 spiro atoms. The Balaban J connectivity index is 2.11. The fraction of sp³-hybridized carbons (Fsp3) is 0.667. The molecule has 1 N–H and O–H groups in total. The Labute approximate surface area is 106 Å². The SMILES string of the molecule is CCOC(=O)c1coc(N2CC(C)NCC2C)n1. The highest BCUT2D eigenvalue weighted by atomic mass is 16.5. The third-order valence-corrected chi connectivity index (χ3v) is 2.99. The van der Waals surface area contributed by atoms with E-state index >= 15 is 0 Å². The number of ether oxygens (including phenoxy) is 1. The first-order valence-electron chi connectivity index (χ1n) is 6.24. The van der Waals surface area contributed by atoms with E-state index in [1.165, 1.54) is 6.26 Å². The summed E-state index contributed by atoms with van der Waals surface area (Å²) < 4.78 is 10.3. The average molecular weight is 253 g/mol. The van der Waals surface area contributed by atoms with Gasteiger partial charge in [-0.1, -0.05) is 0 Å². The second kappa shape index (κ2) is 5.39. The van der Waals surface area contributed by atoms with E-state index in [-0.39, 0.29) is 11.7 Å². The van der Waals surface area contributed by atoms with Crippen LogP contribution in [-0.2, 0) is 4.74 Å². The molecule has 0 saturated carbocycles. The van der Waals surface area contributed by atoms with Gasteiger partial charge in [-0.3, -0.25) is 0 Å². The van der Waals surface area contributed by atoms with Gasteiger partial charge in [0, 0.05) is 25.2 Å². The molecule has 2 unspecified atom stereocenters. The van der Waals surface area contributed by atoms with Gasteiger partial charge in [-0.15, -0.1) is 0 Å². The Bertz CT molecular complexity index is 418. The first-order valence-corrected chi connectivity index (χ1v) is 6.24. The van der Waals surface area contributed by atoms with E-state index in [2.05, 4.69) is 29.0 Å². The predicted molar refractivity (Wildman–Crippen MR) is 66.7 cm³/mol. The van der Waals surface area contributed by atoms with E-state index in [1.54, 1.807) is 6.92 Å². The molecule has 0 amide bonds. The Morgan fingerprint density at radius 3 is 3.17 bits per heavy atom. The van der Waals surface area contributed by atoms with E-state index in [0.29, 0.717) is 18.7 Å². The molecular weight excluding hydrogens is 234 g/mol. The van der Waals surface area contributed by atoms with Crippen LogP contribution in [0.5, 0.6) is 0 Å². The van der Waals surface area contributed by atoms with Gasteiger partial charge >= 0.3 is 5.97 Å². The number of rotatable bonds is 3. The van der Waals surface area contributed by atoms with Crippen LogP contribution in [0.2, 0.25) is 0 Å². The van der Waals surface area contributed by atoms with Crippen LogP contribution >= 0.6 is 0 Å². The number of hydrogen-bond acceptors (Lipinski definition) is 6. The highest BCUT2D eigenvalue weighted by Gasteiger charge is 2.27. The van der Waals surface area contributed by atoms with E-state index in [0.717, 1.165) is 13.1 Å². The molecule has 0 aromatic carbocycles. The number of carbonyl (C=O) groups excluding carboxylic acids is 1. The van der Waals surface area contributed by atoms with Crippen molar-refractivity contribution >= 4 is 12.0 Å². The lowest BCUT2D eigenvalue weighted by molar-refractivity contribution is 0.0519. The van der Waals surface area contributed by atoms with Gasteiger partial charge in [-0.05, 0) is 20.8 Å². The third-order valence-electron chi connectivity index (χ3n) is 2.99. The van der Waals surface area contributed by atoms with Gasteiger partial charge in [0.2, 0.25) is 0 Å². The standard InChI is InChI=1S/C12H19N3O3/c1-4-17-11(16)10-7-18-12(14-10)15-6-8(2)13-5-9(15)3/h7-9,13H,4-6H2,1-3H3. The Morgan fingerprint density at radius 1 is 1.67 bits per heavy atom. The van der Waals surface area contributed by atoms with Crippen molar-refractivity contribution in [3.63, 3.8) is 0 Å². The maximum Gasteiger partial charge on any atom is 0.360 e. The molecule has 100 valence electrons. The summed E-state index contributed by atoms with van der Waals surface area (Å²) in [6, 6.07) is 1.15. The Morgan fingerprint density at radius 2 is 2.44 bits per heavy atom. The normalized spacial score (nSPS) is 24.1. The molecule has 1 aromatic heterocycles. The van der Waals surface area contributed by atoms with Crippen molar-refractivity contribution in [1.82, 2.24) is 10.3 Å². The Hall–Kier alpha value is -1.56. The predicted octanol–water partition coefficient (Wildman–Crippen LogP) is 1.04. The van der Waals surface area contributed by atoms with Crippen LogP contribution < -0.4 is 10.2 Å². The zero-order valence-corrected chi connectivity index (χ0v) is 11.0. The van der Waals surface area contributed by atoms with Crippen molar-refractivity contribution in [1.29, 1.82) is 0 Å². The molecule has 2 heterocycles. The fourth-order valence-corrected chi connectivity index (χ4v) is 1.98. The summed E-state index contributed by atoms with van der Waals surface area (Å²) in [7, 11) is 0. The molecule has 1 fully saturated rings. The molecule has 1 aliphatic rings. The summed E-state index contributed by atoms with van der Waals surface area (Å²) in [6.07, 6.45) is 1.35. The summed E-state index contributed by atoms with van der Waals surface area (Å²) in [5.41, 5.74) is 0.227. The van der Waals surface area contributed by atoms with Crippen LogP contribution in [0.4, 0.5) is 6.01 Å². The number of hydrogen-bond donors (Lipinski definition) is 1. The molecule has 6 heteroatoms. The molecular formula is C12H19N3O3. The number of nitrogens with one attached hydrogen (secondary N) is 1. The number of oxazole rings is 1. The average Bonchev–Trinajstić information content (AvgIpc) is 2.82. The molecule has 0 bridgehead atoms.